The van der Waals surface area contributed by atoms with Gasteiger partial charge in [0.15, 0.2) is 0 Å². The van der Waals surface area contributed by atoms with E-state index >= 15 is 0 Å². The Bertz CT molecular complexity index is 1250. The lowest BCUT2D eigenvalue weighted by Gasteiger charge is -2.09. The van der Waals surface area contributed by atoms with Crippen LogP contribution < -0.4 is 11.0 Å². The van der Waals surface area contributed by atoms with Gasteiger partial charge in [-0.1, -0.05) is 23.8 Å². The number of hydrogen-bond acceptors (Lipinski definition) is 4. The second kappa shape index (κ2) is 7.71. The maximum absolute atomic E-state index is 12.8. The predicted molar refractivity (Wildman–Crippen MR) is 112 cm³/mol. The molecule has 1 N–H and O–H groups in total. The molecule has 3 aromatic rings. The zero-order valence-electron chi connectivity index (χ0n) is 16.8. The number of nitrogens with one attached hydrogen (secondary N) is 1. The van der Waals surface area contributed by atoms with E-state index in [9.17, 15) is 18.0 Å². The molecule has 0 atom stereocenters. The van der Waals surface area contributed by atoms with Crippen molar-refractivity contribution < 1.29 is 13.2 Å². The summed E-state index contributed by atoms with van der Waals surface area (Å²) in [6.07, 6.45) is 2.46. The third-order valence-corrected chi connectivity index (χ3v) is 6.47. The number of anilines is 1. The predicted octanol–water partition coefficient (Wildman–Crippen LogP) is 2.76. The highest BCUT2D eigenvalue weighted by molar-refractivity contribution is 7.90. The van der Waals surface area contributed by atoms with Crippen molar-refractivity contribution in [1.82, 2.24) is 8.54 Å². The molecule has 0 fully saturated rings. The van der Waals surface area contributed by atoms with Crippen molar-refractivity contribution in [3.05, 3.63) is 81.5 Å². The van der Waals surface area contributed by atoms with Crippen LogP contribution in [0.2, 0.25) is 0 Å². The molecule has 0 radical (unpaired) electrons. The van der Waals surface area contributed by atoms with Gasteiger partial charge in [-0.05, 0) is 62.6 Å². The molecular weight excluding hydrogens is 390 g/mol. The highest BCUT2D eigenvalue weighted by Crippen LogP contribution is 2.17. The van der Waals surface area contributed by atoms with Crippen LogP contribution >= 0.6 is 0 Å². The molecule has 0 saturated carbocycles. The average Bonchev–Trinajstić information content (AvgIpc) is 3.01. The van der Waals surface area contributed by atoms with Crippen molar-refractivity contribution in [2.75, 3.05) is 5.32 Å². The number of amides is 1. The molecule has 0 bridgehead atoms. The molecule has 0 aliphatic carbocycles. The van der Waals surface area contributed by atoms with E-state index in [2.05, 4.69) is 5.32 Å². The molecule has 0 aliphatic heterocycles. The minimum Gasteiger partial charge on any atom is -0.324 e. The molecule has 1 amide bonds. The number of benzene rings is 2. The minimum atomic E-state index is -4.04. The van der Waals surface area contributed by atoms with Crippen molar-refractivity contribution >= 4 is 21.6 Å². The number of imidazole rings is 1. The molecule has 1 aromatic heterocycles. The Morgan fingerprint density at radius 2 is 1.66 bits per heavy atom. The molecule has 152 valence electrons. The van der Waals surface area contributed by atoms with Crippen LogP contribution in [0.25, 0.3) is 0 Å². The van der Waals surface area contributed by atoms with E-state index in [0.717, 1.165) is 33.0 Å². The van der Waals surface area contributed by atoms with Crippen LogP contribution in [0.1, 0.15) is 22.3 Å². The van der Waals surface area contributed by atoms with E-state index in [1.165, 1.54) is 18.3 Å². The second-order valence-electron chi connectivity index (χ2n) is 7.12. The van der Waals surface area contributed by atoms with Crippen molar-refractivity contribution in [1.29, 1.82) is 0 Å². The summed E-state index contributed by atoms with van der Waals surface area (Å²) >= 11 is 0. The van der Waals surface area contributed by atoms with E-state index < -0.39 is 21.6 Å². The fraction of sp³-hybridized carbons (Fsp3) is 0.238. The highest BCUT2D eigenvalue weighted by atomic mass is 32.2. The molecule has 29 heavy (non-hydrogen) atoms. The summed E-state index contributed by atoms with van der Waals surface area (Å²) < 4.78 is 27.4. The van der Waals surface area contributed by atoms with Gasteiger partial charge in [0.2, 0.25) is 5.91 Å². The van der Waals surface area contributed by atoms with E-state index in [0.29, 0.717) is 9.66 Å². The fourth-order valence-corrected chi connectivity index (χ4v) is 4.30. The zero-order valence-corrected chi connectivity index (χ0v) is 17.6. The summed E-state index contributed by atoms with van der Waals surface area (Å²) in [6.45, 7) is 7.22. The van der Waals surface area contributed by atoms with Crippen molar-refractivity contribution in [2.24, 2.45) is 0 Å². The van der Waals surface area contributed by atoms with E-state index in [1.54, 1.807) is 19.1 Å². The largest absolute Gasteiger partial charge is 0.342 e. The number of hydrogen-bond donors (Lipinski definition) is 1. The molecule has 0 aliphatic rings. The number of carbonyl (C=O) groups is 1. The van der Waals surface area contributed by atoms with Gasteiger partial charge in [0.1, 0.15) is 6.54 Å². The first-order valence-corrected chi connectivity index (χ1v) is 10.5. The third kappa shape index (κ3) is 4.17. The van der Waals surface area contributed by atoms with Gasteiger partial charge in [0, 0.05) is 18.1 Å². The van der Waals surface area contributed by atoms with Gasteiger partial charge in [-0.2, -0.15) is 3.97 Å². The Labute approximate surface area is 169 Å². The SMILES string of the molecule is Cc1ccc(NC(=O)Cn2ccn(S(=O)(=O)c3ccc(C)c(C)c3)c2=O)c(C)c1. The maximum atomic E-state index is 12.8. The van der Waals surface area contributed by atoms with Crippen LogP contribution in [-0.4, -0.2) is 22.9 Å². The van der Waals surface area contributed by atoms with Crippen molar-refractivity contribution in [3.63, 3.8) is 0 Å². The number of aromatic nitrogens is 2. The lowest BCUT2D eigenvalue weighted by atomic mass is 10.1. The molecule has 0 unspecified atom stereocenters. The first kappa shape index (κ1) is 20.6. The Morgan fingerprint density at radius 1 is 0.931 bits per heavy atom. The van der Waals surface area contributed by atoms with Gasteiger partial charge in [-0.15, -0.1) is 0 Å². The van der Waals surface area contributed by atoms with Crippen LogP contribution in [0, 0.1) is 27.7 Å². The Kier molecular flexibility index (Phi) is 5.48. The lowest BCUT2D eigenvalue weighted by Crippen LogP contribution is -2.32. The molecule has 2 aromatic carbocycles. The maximum Gasteiger partial charge on any atom is 0.342 e. The highest BCUT2D eigenvalue weighted by Gasteiger charge is 2.21. The van der Waals surface area contributed by atoms with E-state index in [1.807, 2.05) is 32.9 Å². The minimum absolute atomic E-state index is 0.0279. The van der Waals surface area contributed by atoms with Gasteiger partial charge >= 0.3 is 5.69 Å². The molecule has 7 nitrogen and oxygen atoms in total. The summed E-state index contributed by atoms with van der Waals surface area (Å²) in [5.74, 6) is -0.416. The van der Waals surface area contributed by atoms with Crippen LogP contribution in [0.4, 0.5) is 5.69 Å². The number of carbonyl (C=O) groups excluding carboxylic acids is 1. The van der Waals surface area contributed by atoms with Crippen LogP contribution in [0.5, 0.6) is 0 Å². The van der Waals surface area contributed by atoms with Gasteiger partial charge in [0.05, 0.1) is 4.90 Å². The summed E-state index contributed by atoms with van der Waals surface area (Å²) in [4.78, 5) is 25.0. The van der Waals surface area contributed by atoms with Gasteiger partial charge in [-0.3, -0.25) is 9.36 Å². The second-order valence-corrected chi connectivity index (χ2v) is 8.94. The quantitative estimate of drug-likeness (QED) is 0.696. The first-order chi connectivity index (χ1) is 13.6. The topological polar surface area (TPSA) is 90.2 Å². The number of aryl methyl sites for hydroxylation is 4. The standard InChI is InChI=1S/C21H23N3O4S/c1-14-5-8-19(17(4)11-14)22-20(25)13-23-9-10-24(21(23)26)29(27,28)18-7-6-15(2)16(3)12-18/h5-12H,13H2,1-4H3,(H,22,25). The third-order valence-electron chi connectivity index (χ3n) is 4.82. The smallest absolute Gasteiger partial charge is 0.324 e. The Balaban J connectivity index is 1.84. The molecule has 8 heteroatoms. The van der Waals surface area contributed by atoms with Crippen LogP contribution in [0.15, 0.2) is 58.5 Å². The number of rotatable bonds is 5. The van der Waals surface area contributed by atoms with Gasteiger partial charge in [-0.25, -0.2) is 13.2 Å². The lowest BCUT2D eigenvalue weighted by molar-refractivity contribution is -0.116. The van der Waals surface area contributed by atoms with Gasteiger partial charge < -0.3 is 5.32 Å². The zero-order chi connectivity index (χ0) is 21.3. The van der Waals surface area contributed by atoms with Gasteiger partial charge in [0.25, 0.3) is 10.0 Å². The average molecular weight is 413 g/mol. The monoisotopic (exact) mass is 413 g/mol. The summed E-state index contributed by atoms with van der Waals surface area (Å²) in [5, 5.41) is 2.75. The molecular formula is C21H23N3O4S. The fourth-order valence-electron chi connectivity index (χ4n) is 2.98. The summed E-state index contributed by atoms with van der Waals surface area (Å²) in [7, 11) is -4.04. The molecule has 0 saturated heterocycles. The normalized spacial score (nSPS) is 11.4. The molecule has 3 rings (SSSR count). The first-order valence-electron chi connectivity index (χ1n) is 9.07. The summed E-state index contributed by atoms with van der Waals surface area (Å²) in [6, 6.07) is 10.3. The van der Waals surface area contributed by atoms with Crippen molar-refractivity contribution in [3.8, 4) is 0 Å². The van der Waals surface area contributed by atoms with E-state index in [4.69, 9.17) is 0 Å². The van der Waals surface area contributed by atoms with Crippen LogP contribution in [-0.2, 0) is 21.4 Å². The summed E-state index contributed by atoms with van der Waals surface area (Å²) in [5.41, 5.74) is 3.60. The van der Waals surface area contributed by atoms with Crippen molar-refractivity contribution in [2.45, 2.75) is 39.1 Å². The Morgan fingerprint density at radius 3 is 2.31 bits per heavy atom. The van der Waals surface area contributed by atoms with E-state index in [-0.39, 0.29) is 11.4 Å². The molecule has 1 heterocycles. The Hall–Kier alpha value is -3.13. The molecule has 0 spiro atoms. The number of nitrogens with zero attached hydrogens (tertiary/aromatic N) is 2. The van der Waals surface area contributed by atoms with Crippen LogP contribution in [0.3, 0.4) is 0 Å².